The van der Waals surface area contributed by atoms with Crippen LogP contribution in [0.15, 0.2) is 29.2 Å². The van der Waals surface area contributed by atoms with Gasteiger partial charge in [0.2, 0.25) is 0 Å². The van der Waals surface area contributed by atoms with E-state index in [-0.39, 0.29) is 34.5 Å². The van der Waals surface area contributed by atoms with Crippen molar-refractivity contribution in [2.45, 2.75) is 115 Å². The minimum atomic E-state index is -3.73. The highest BCUT2D eigenvalue weighted by molar-refractivity contribution is 7.86. The van der Waals surface area contributed by atoms with Gasteiger partial charge in [-0.05, 0) is 105 Å². The number of piperazine rings is 1. The first-order chi connectivity index (χ1) is 19.4. The lowest BCUT2D eigenvalue weighted by Gasteiger charge is -2.45. The van der Waals surface area contributed by atoms with Crippen LogP contribution in [0.4, 0.5) is 0 Å². The fourth-order valence-corrected chi connectivity index (χ4v) is 6.55. The molecule has 1 aromatic rings. The fourth-order valence-electron chi connectivity index (χ4n) is 5.45. The number of carbonyl (C=O) groups is 2. The topological polar surface area (TPSA) is 102 Å². The molecule has 4 rings (SSSR count). The molecule has 2 aliphatic carbocycles. The summed E-state index contributed by atoms with van der Waals surface area (Å²) in [7, 11) is -1.55. The van der Waals surface area contributed by atoms with Crippen LogP contribution in [0.25, 0.3) is 0 Å². The van der Waals surface area contributed by atoms with Gasteiger partial charge in [0.25, 0.3) is 10.1 Å². The second-order valence-electron chi connectivity index (χ2n) is 14.2. The molecule has 0 radical (unpaired) electrons. The smallest absolute Gasteiger partial charge is 0.306 e. The fraction of sp³-hybridized carbons (Fsp3) is 0.750. The van der Waals surface area contributed by atoms with Crippen LogP contribution in [-0.4, -0.2) is 86.7 Å². The molecule has 9 nitrogen and oxygen atoms in total. The van der Waals surface area contributed by atoms with Gasteiger partial charge in [-0.3, -0.25) is 18.7 Å². The molecule has 1 heterocycles. The molecule has 0 atom stereocenters. The van der Waals surface area contributed by atoms with Crippen molar-refractivity contribution in [3.8, 4) is 0 Å². The van der Waals surface area contributed by atoms with Crippen molar-refractivity contribution in [1.29, 1.82) is 0 Å². The van der Waals surface area contributed by atoms with Gasteiger partial charge in [-0.1, -0.05) is 17.7 Å². The summed E-state index contributed by atoms with van der Waals surface area (Å²) in [6, 6.07) is 7.27. The van der Waals surface area contributed by atoms with Gasteiger partial charge in [0.15, 0.2) is 0 Å². The molecule has 2 saturated carbocycles. The van der Waals surface area contributed by atoms with Crippen molar-refractivity contribution in [2.75, 3.05) is 33.2 Å². The van der Waals surface area contributed by atoms with Crippen molar-refractivity contribution in [3.05, 3.63) is 29.8 Å². The second kappa shape index (κ2) is 14.2. The van der Waals surface area contributed by atoms with Gasteiger partial charge in [0, 0.05) is 45.1 Å². The van der Waals surface area contributed by atoms with Crippen molar-refractivity contribution in [2.24, 2.45) is 11.8 Å². The van der Waals surface area contributed by atoms with E-state index in [0.717, 1.165) is 5.56 Å². The lowest BCUT2D eigenvalue weighted by atomic mass is 9.77. The van der Waals surface area contributed by atoms with Crippen LogP contribution >= 0.6 is 0 Å². The maximum atomic E-state index is 12.1. The van der Waals surface area contributed by atoms with Crippen LogP contribution in [0, 0.1) is 18.8 Å². The van der Waals surface area contributed by atoms with E-state index in [1.165, 1.54) is 39.0 Å². The summed E-state index contributed by atoms with van der Waals surface area (Å²) >= 11 is 0. The standard InChI is InChI=1S/C17H24O5S.C15H28N2O2/c1-12-5-7-15(8-6-12)23(19,20)22-14-9-13(10-14)11-16(18)21-17(2,3)4;1-15(2,3)19-14(18)11-12-9-13(10-12)17-7-5-16(4)6-8-17/h5-8,13-14H,9-11H2,1-4H3;12-13H,5-11H2,1-4H3. The van der Waals surface area contributed by atoms with Crippen LogP contribution in [0.2, 0.25) is 0 Å². The Bertz CT molecular complexity index is 1130. The predicted molar refractivity (Wildman–Crippen MR) is 162 cm³/mol. The summed E-state index contributed by atoms with van der Waals surface area (Å²) in [6.07, 6.45) is 4.01. The summed E-state index contributed by atoms with van der Waals surface area (Å²) in [5.74, 6) is 0.388. The molecule has 42 heavy (non-hydrogen) atoms. The first-order valence-electron chi connectivity index (χ1n) is 15.2. The molecule has 238 valence electrons. The summed E-state index contributed by atoms with van der Waals surface area (Å²) in [5.41, 5.74) is 0.147. The Hall–Kier alpha value is -2.01. The van der Waals surface area contributed by atoms with E-state index < -0.39 is 15.7 Å². The molecule has 1 saturated heterocycles. The summed E-state index contributed by atoms with van der Waals surface area (Å²) in [6.45, 7) is 17.9. The van der Waals surface area contributed by atoms with Crippen molar-refractivity contribution < 1.29 is 31.7 Å². The number of carbonyl (C=O) groups excluding carboxylic acids is 2. The summed E-state index contributed by atoms with van der Waals surface area (Å²) in [4.78, 5) is 28.6. The Morgan fingerprint density at radius 2 is 1.24 bits per heavy atom. The molecular weight excluding hydrogens is 556 g/mol. The van der Waals surface area contributed by atoms with Crippen molar-refractivity contribution in [1.82, 2.24) is 9.80 Å². The predicted octanol–water partition coefficient (Wildman–Crippen LogP) is 4.95. The average molecular weight is 609 g/mol. The van der Waals surface area contributed by atoms with E-state index in [4.69, 9.17) is 13.7 Å². The monoisotopic (exact) mass is 608 g/mol. The van der Waals surface area contributed by atoms with E-state index in [9.17, 15) is 18.0 Å². The molecule has 10 heteroatoms. The number of hydrogen-bond acceptors (Lipinski definition) is 9. The van der Waals surface area contributed by atoms with Gasteiger partial charge < -0.3 is 14.4 Å². The van der Waals surface area contributed by atoms with Gasteiger partial charge in [0.1, 0.15) is 11.2 Å². The van der Waals surface area contributed by atoms with Crippen LogP contribution in [-0.2, 0) is 33.4 Å². The number of rotatable bonds is 8. The van der Waals surface area contributed by atoms with E-state index >= 15 is 0 Å². The Kier molecular flexibility index (Phi) is 11.6. The first kappa shape index (κ1) is 34.5. The minimum absolute atomic E-state index is 0.0330. The molecule has 0 aromatic heterocycles. The van der Waals surface area contributed by atoms with Gasteiger partial charge in [-0.2, -0.15) is 8.42 Å². The highest BCUT2D eigenvalue weighted by Gasteiger charge is 2.37. The van der Waals surface area contributed by atoms with Crippen LogP contribution in [0.5, 0.6) is 0 Å². The SMILES string of the molecule is CN1CCN(C2CC(CC(=O)OC(C)(C)C)C2)CC1.Cc1ccc(S(=O)(=O)OC2CC(CC(=O)OC(C)(C)C)C2)cc1. The van der Waals surface area contributed by atoms with E-state index in [1.807, 2.05) is 48.5 Å². The van der Waals surface area contributed by atoms with Crippen molar-refractivity contribution in [3.63, 3.8) is 0 Å². The molecule has 1 aliphatic heterocycles. The third-order valence-electron chi connectivity index (χ3n) is 7.78. The Morgan fingerprint density at radius 3 is 1.69 bits per heavy atom. The van der Waals surface area contributed by atoms with Crippen LogP contribution in [0.1, 0.15) is 85.6 Å². The molecule has 1 aromatic carbocycles. The van der Waals surface area contributed by atoms with E-state index in [1.54, 1.807) is 24.3 Å². The Balaban J connectivity index is 0.000000235. The third kappa shape index (κ3) is 11.6. The Labute approximate surface area is 253 Å². The number of hydrogen-bond donors (Lipinski definition) is 0. The first-order valence-corrected chi connectivity index (χ1v) is 16.7. The quantitative estimate of drug-likeness (QED) is 0.299. The highest BCUT2D eigenvalue weighted by atomic mass is 32.2. The Morgan fingerprint density at radius 1 is 0.786 bits per heavy atom. The molecule has 0 unspecified atom stereocenters. The number of aryl methyl sites for hydroxylation is 1. The molecule has 3 aliphatic rings. The molecular formula is C32H52N2O7S. The largest absolute Gasteiger partial charge is 0.460 e. The van der Waals surface area contributed by atoms with Gasteiger partial charge >= 0.3 is 11.9 Å². The molecule has 0 amide bonds. The molecule has 0 bridgehead atoms. The normalized spacial score (nSPS) is 25.3. The van der Waals surface area contributed by atoms with Gasteiger partial charge in [-0.15, -0.1) is 0 Å². The maximum Gasteiger partial charge on any atom is 0.306 e. The third-order valence-corrected chi connectivity index (χ3v) is 9.16. The average Bonchev–Trinajstić information content (AvgIpc) is 2.79. The number of nitrogens with zero attached hydrogens (tertiary/aromatic N) is 2. The number of ether oxygens (including phenoxy) is 2. The zero-order valence-corrected chi connectivity index (χ0v) is 27.7. The van der Waals surface area contributed by atoms with Crippen LogP contribution < -0.4 is 0 Å². The van der Waals surface area contributed by atoms with E-state index in [2.05, 4.69) is 16.8 Å². The minimum Gasteiger partial charge on any atom is -0.460 e. The lowest BCUT2D eigenvalue weighted by molar-refractivity contribution is -0.158. The number of benzene rings is 1. The molecule has 0 N–H and O–H groups in total. The number of likely N-dealkylation sites (N-methyl/N-ethyl adjacent to an activating group) is 1. The second-order valence-corrected chi connectivity index (χ2v) is 15.8. The van der Waals surface area contributed by atoms with Crippen LogP contribution in [0.3, 0.4) is 0 Å². The zero-order valence-electron chi connectivity index (χ0n) is 26.9. The molecule has 0 spiro atoms. The maximum absolute atomic E-state index is 12.1. The van der Waals surface area contributed by atoms with Gasteiger partial charge in [-0.25, -0.2) is 0 Å². The number of esters is 2. The lowest BCUT2D eigenvalue weighted by Crippen LogP contribution is -2.53. The molecule has 3 fully saturated rings. The van der Waals surface area contributed by atoms with Gasteiger partial charge in [0.05, 0.1) is 11.0 Å². The summed E-state index contributed by atoms with van der Waals surface area (Å²) < 4.78 is 40.2. The summed E-state index contributed by atoms with van der Waals surface area (Å²) in [5, 5.41) is 0. The zero-order chi connectivity index (χ0) is 31.3. The van der Waals surface area contributed by atoms with E-state index in [0.29, 0.717) is 37.6 Å². The van der Waals surface area contributed by atoms with Crippen molar-refractivity contribution >= 4 is 22.1 Å². The highest BCUT2D eigenvalue weighted by Crippen LogP contribution is 2.36.